The number of carbonyl (C=O) groups is 1. The van der Waals surface area contributed by atoms with E-state index in [1.807, 2.05) is 6.92 Å². The number of rotatable bonds is 4. The van der Waals surface area contributed by atoms with Crippen molar-refractivity contribution < 1.29 is 13.9 Å². The van der Waals surface area contributed by atoms with Crippen LogP contribution in [-0.4, -0.2) is 12.0 Å². The molecule has 128 valence electrons. The minimum Gasteiger partial charge on any atom is -0.481 e. The first kappa shape index (κ1) is 17.0. The van der Waals surface area contributed by atoms with Gasteiger partial charge in [0.15, 0.2) is 6.10 Å². The zero-order chi connectivity index (χ0) is 18.0. The number of fused-ring (bicyclic) bond motifs is 1. The predicted molar refractivity (Wildman–Crippen MR) is 97.4 cm³/mol. The van der Waals surface area contributed by atoms with Gasteiger partial charge in [0.2, 0.25) is 0 Å². The molecule has 3 aromatic rings. The van der Waals surface area contributed by atoms with E-state index in [1.54, 1.807) is 49.4 Å². The Bertz CT molecular complexity index is 996. The third kappa shape index (κ3) is 4.00. The maximum Gasteiger partial charge on any atom is 0.336 e. The standard InChI is InChI=1S/C19H16ClNO4/c1-11-8-18(22)25-17-10-15(6-7-16(11)17)24-12(2)19(23)21-14-5-3-4-13(20)9-14/h3-10,12H,1-2H3,(H,21,23)/t12-/m0/s1. The molecule has 5 nitrogen and oxygen atoms in total. The van der Waals surface area contributed by atoms with E-state index in [0.29, 0.717) is 22.0 Å². The molecule has 1 N–H and O–H groups in total. The third-order valence-corrected chi connectivity index (χ3v) is 3.93. The Morgan fingerprint density at radius 1 is 1.20 bits per heavy atom. The van der Waals surface area contributed by atoms with Crippen LogP contribution < -0.4 is 15.7 Å². The van der Waals surface area contributed by atoms with E-state index < -0.39 is 11.7 Å². The summed E-state index contributed by atoms with van der Waals surface area (Å²) >= 11 is 5.90. The second-order valence-corrected chi connectivity index (χ2v) is 6.10. The first-order valence-corrected chi connectivity index (χ1v) is 8.08. The van der Waals surface area contributed by atoms with Gasteiger partial charge in [-0.25, -0.2) is 4.79 Å². The van der Waals surface area contributed by atoms with Crippen LogP contribution in [0.25, 0.3) is 11.0 Å². The van der Waals surface area contributed by atoms with Gasteiger partial charge in [-0.1, -0.05) is 17.7 Å². The maximum atomic E-state index is 12.2. The lowest BCUT2D eigenvalue weighted by atomic mass is 10.1. The Morgan fingerprint density at radius 3 is 2.76 bits per heavy atom. The molecule has 1 aromatic heterocycles. The molecule has 0 fully saturated rings. The summed E-state index contributed by atoms with van der Waals surface area (Å²) < 4.78 is 10.8. The molecule has 0 aliphatic rings. The molecule has 25 heavy (non-hydrogen) atoms. The summed E-state index contributed by atoms with van der Waals surface area (Å²) in [6.07, 6.45) is -0.743. The van der Waals surface area contributed by atoms with Crippen molar-refractivity contribution in [3.05, 3.63) is 69.5 Å². The highest BCUT2D eigenvalue weighted by Gasteiger charge is 2.16. The van der Waals surface area contributed by atoms with Gasteiger partial charge in [0.05, 0.1) is 0 Å². The quantitative estimate of drug-likeness (QED) is 0.712. The third-order valence-electron chi connectivity index (χ3n) is 3.70. The van der Waals surface area contributed by atoms with E-state index in [2.05, 4.69) is 5.32 Å². The van der Waals surface area contributed by atoms with Crippen molar-refractivity contribution in [3.8, 4) is 5.75 Å². The minimum atomic E-state index is -0.743. The number of halogens is 1. The average Bonchev–Trinajstić information content (AvgIpc) is 2.54. The van der Waals surface area contributed by atoms with Crippen LogP contribution in [0.1, 0.15) is 12.5 Å². The molecule has 0 saturated heterocycles. The van der Waals surface area contributed by atoms with E-state index in [-0.39, 0.29) is 5.91 Å². The van der Waals surface area contributed by atoms with Crippen molar-refractivity contribution in [1.29, 1.82) is 0 Å². The molecule has 0 unspecified atom stereocenters. The number of anilines is 1. The van der Waals surface area contributed by atoms with Gasteiger partial charge in [0.25, 0.3) is 5.91 Å². The van der Waals surface area contributed by atoms with Crippen molar-refractivity contribution in [2.24, 2.45) is 0 Å². The van der Waals surface area contributed by atoms with Crippen molar-refractivity contribution in [2.45, 2.75) is 20.0 Å². The van der Waals surface area contributed by atoms with E-state index in [9.17, 15) is 9.59 Å². The molecule has 0 aliphatic heterocycles. The second kappa shape index (κ2) is 6.99. The predicted octanol–water partition coefficient (Wildman–Crippen LogP) is 4.16. The Hall–Kier alpha value is -2.79. The Balaban J connectivity index is 1.76. The van der Waals surface area contributed by atoms with Gasteiger partial charge in [-0.2, -0.15) is 0 Å². The molecule has 6 heteroatoms. The fraction of sp³-hybridized carbons (Fsp3) is 0.158. The van der Waals surface area contributed by atoms with Crippen LogP contribution in [0.5, 0.6) is 5.75 Å². The average molecular weight is 358 g/mol. The van der Waals surface area contributed by atoms with Crippen LogP contribution in [0.3, 0.4) is 0 Å². The Morgan fingerprint density at radius 2 is 2.00 bits per heavy atom. The number of amides is 1. The summed E-state index contributed by atoms with van der Waals surface area (Å²) in [7, 11) is 0. The highest BCUT2D eigenvalue weighted by Crippen LogP contribution is 2.23. The number of hydrogen-bond acceptors (Lipinski definition) is 4. The second-order valence-electron chi connectivity index (χ2n) is 5.67. The fourth-order valence-electron chi connectivity index (χ4n) is 2.45. The van der Waals surface area contributed by atoms with E-state index in [4.69, 9.17) is 20.8 Å². The normalized spacial score (nSPS) is 12.0. The zero-order valence-corrected chi connectivity index (χ0v) is 14.5. The first-order valence-electron chi connectivity index (χ1n) is 7.70. The largest absolute Gasteiger partial charge is 0.481 e. The molecule has 0 spiro atoms. The topological polar surface area (TPSA) is 68.5 Å². The summed E-state index contributed by atoms with van der Waals surface area (Å²) in [5.74, 6) is 0.128. The Labute approximate surface area is 149 Å². The van der Waals surface area contributed by atoms with Crippen LogP contribution >= 0.6 is 11.6 Å². The lowest BCUT2D eigenvalue weighted by Crippen LogP contribution is -2.30. The van der Waals surface area contributed by atoms with Gasteiger partial charge >= 0.3 is 5.63 Å². The number of carbonyl (C=O) groups excluding carboxylic acids is 1. The van der Waals surface area contributed by atoms with Gasteiger partial charge in [0, 0.05) is 28.2 Å². The van der Waals surface area contributed by atoms with Gasteiger partial charge in [0.1, 0.15) is 11.3 Å². The highest BCUT2D eigenvalue weighted by molar-refractivity contribution is 6.30. The lowest BCUT2D eigenvalue weighted by molar-refractivity contribution is -0.122. The number of aryl methyl sites for hydroxylation is 1. The van der Waals surface area contributed by atoms with Crippen molar-refractivity contribution in [2.75, 3.05) is 5.32 Å². The molecule has 0 radical (unpaired) electrons. The zero-order valence-electron chi connectivity index (χ0n) is 13.7. The van der Waals surface area contributed by atoms with Crippen LogP contribution in [-0.2, 0) is 4.79 Å². The van der Waals surface area contributed by atoms with Crippen LogP contribution in [0.15, 0.2) is 57.7 Å². The maximum absolute atomic E-state index is 12.2. The van der Waals surface area contributed by atoms with Crippen molar-refractivity contribution in [1.82, 2.24) is 0 Å². The van der Waals surface area contributed by atoms with Crippen LogP contribution in [0.4, 0.5) is 5.69 Å². The number of ether oxygens (including phenoxy) is 1. The van der Waals surface area contributed by atoms with Gasteiger partial charge in [-0.3, -0.25) is 4.79 Å². The van der Waals surface area contributed by atoms with Gasteiger partial charge in [-0.15, -0.1) is 0 Å². The molecule has 3 rings (SSSR count). The van der Waals surface area contributed by atoms with E-state index >= 15 is 0 Å². The summed E-state index contributed by atoms with van der Waals surface area (Å²) in [5, 5.41) is 4.09. The van der Waals surface area contributed by atoms with E-state index in [1.165, 1.54) is 6.07 Å². The molecule has 0 saturated carbocycles. The highest BCUT2D eigenvalue weighted by atomic mass is 35.5. The van der Waals surface area contributed by atoms with Crippen LogP contribution in [0.2, 0.25) is 5.02 Å². The Kier molecular flexibility index (Phi) is 4.76. The van der Waals surface area contributed by atoms with Crippen molar-refractivity contribution in [3.63, 3.8) is 0 Å². The molecule has 2 aromatic carbocycles. The lowest BCUT2D eigenvalue weighted by Gasteiger charge is -2.15. The summed E-state index contributed by atoms with van der Waals surface area (Å²) in [6.45, 7) is 3.47. The van der Waals surface area contributed by atoms with Crippen LogP contribution in [0, 0.1) is 6.92 Å². The first-order chi connectivity index (χ1) is 11.9. The molecular weight excluding hydrogens is 342 g/mol. The molecule has 1 amide bonds. The summed E-state index contributed by atoms with van der Waals surface area (Å²) in [6, 6.07) is 13.4. The number of hydrogen-bond donors (Lipinski definition) is 1. The fourth-order valence-corrected chi connectivity index (χ4v) is 2.64. The molecular formula is C19H16ClNO4. The summed E-state index contributed by atoms with van der Waals surface area (Å²) in [4.78, 5) is 23.7. The number of nitrogens with one attached hydrogen (secondary N) is 1. The SMILES string of the molecule is Cc1cc(=O)oc2cc(O[C@@H](C)C(=O)Nc3cccc(Cl)c3)ccc12. The van der Waals surface area contributed by atoms with E-state index in [0.717, 1.165) is 10.9 Å². The summed E-state index contributed by atoms with van der Waals surface area (Å²) in [5.41, 5.74) is 1.41. The number of benzene rings is 2. The smallest absolute Gasteiger partial charge is 0.336 e. The van der Waals surface area contributed by atoms with Gasteiger partial charge < -0.3 is 14.5 Å². The molecule has 1 heterocycles. The monoisotopic (exact) mass is 357 g/mol. The molecule has 0 aliphatic carbocycles. The van der Waals surface area contributed by atoms with Crippen molar-refractivity contribution >= 4 is 34.2 Å². The van der Waals surface area contributed by atoms with Gasteiger partial charge in [-0.05, 0) is 49.7 Å². The minimum absolute atomic E-state index is 0.312. The molecule has 1 atom stereocenters. The molecule has 0 bridgehead atoms.